The molecule has 1 aromatic rings. The number of carboxylic acids is 1. The van der Waals surface area contributed by atoms with Crippen LogP contribution in [-0.2, 0) is 16.0 Å². The molecule has 0 aliphatic carbocycles. The first-order valence-electron chi connectivity index (χ1n) is 6.48. The third-order valence-corrected chi connectivity index (χ3v) is 2.99. The van der Waals surface area contributed by atoms with Gasteiger partial charge < -0.3 is 21.3 Å². The number of nitrogens with one attached hydrogen (secondary N) is 1. The molecular formula is C14H20N2O4. The number of rotatable bonds is 7. The van der Waals surface area contributed by atoms with Crippen molar-refractivity contribution in [2.75, 3.05) is 0 Å². The molecule has 20 heavy (non-hydrogen) atoms. The van der Waals surface area contributed by atoms with E-state index in [-0.39, 0.29) is 18.1 Å². The Morgan fingerprint density at radius 3 is 2.40 bits per heavy atom. The number of carbonyl (C=O) groups is 2. The van der Waals surface area contributed by atoms with Crippen LogP contribution in [0.3, 0.4) is 0 Å². The Labute approximate surface area is 117 Å². The van der Waals surface area contributed by atoms with Gasteiger partial charge in [-0.05, 0) is 30.5 Å². The highest BCUT2D eigenvalue weighted by Gasteiger charge is 2.19. The Balaban J connectivity index is 2.53. The number of hydrogen-bond donors (Lipinski definition) is 4. The van der Waals surface area contributed by atoms with E-state index in [1.807, 2.05) is 0 Å². The van der Waals surface area contributed by atoms with Crippen LogP contribution >= 0.6 is 0 Å². The highest BCUT2D eigenvalue weighted by Crippen LogP contribution is 2.11. The van der Waals surface area contributed by atoms with Crippen molar-refractivity contribution in [2.45, 2.75) is 38.3 Å². The van der Waals surface area contributed by atoms with E-state index in [9.17, 15) is 9.59 Å². The molecule has 0 radical (unpaired) electrons. The van der Waals surface area contributed by atoms with Gasteiger partial charge in [0.1, 0.15) is 5.75 Å². The zero-order valence-electron chi connectivity index (χ0n) is 11.4. The van der Waals surface area contributed by atoms with E-state index < -0.39 is 18.1 Å². The molecule has 0 bridgehead atoms. The largest absolute Gasteiger partial charge is 0.508 e. The Morgan fingerprint density at radius 2 is 1.90 bits per heavy atom. The van der Waals surface area contributed by atoms with Crippen molar-refractivity contribution in [1.29, 1.82) is 0 Å². The molecule has 110 valence electrons. The maximum atomic E-state index is 11.9. The fourth-order valence-electron chi connectivity index (χ4n) is 1.80. The molecule has 0 aliphatic rings. The van der Waals surface area contributed by atoms with Gasteiger partial charge in [0.25, 0.3) is 0 Å². The van der Waals surface area contributed by atoms with E-state index >= 15 is 0 Å². The molecular weight excluding hydrogens is 260 g/mol. The number of nitrogens with two attached hydrogens (primary N) is 1. The molecule has 1 rings (SSSR count). The lowest BCUT2D eigenvalue weighted by Gasteiger charge is -2.18. The lowest BCUT2D eigenvalue weighted by atomic mass is 10.0. The van der Waals surface area contributed by atoms with Crippen LogP contribution in [-0.4, -0.2) is 34.2 Å². The van der Waals surface area contributed by atoms with Crippen molar-refractivity contribution >= 4 is 11.9 Å². The van der Waals surface area contributed by atoms with E-state index in [0.29, 0.717) is 12.8 Å². The van der Waals surface area contributed by atoms with Crippen molar-refractivity contribution in [3.05, 3.63) is 29.8 Å². The average molecular weight is 280 g/mol. The predicted molar refractivity (Wildman–Crippen MR) is 74.3 cm³/mol. The zero-order chi connectivity index (χ0) is 15.1. The number of carboxylic acid groups (broad SMARTS) is 1. The van der Waals surface area contributed by atoms with Crippen molar-refractivity contribution in [3.8, 4) is 5.75 Å². The highest BCUT2D eigenvalue weighted by atomic mass is 16.4. The molecule has 1 aromatic carbocycles. The fourth-order valence-corrected chi connectivity index (χ4v) is 1.80. The molecule has 0 saturated heterocycles. The molecule has 0 saturated carbocycles. The first-order chi connectivity index (χ1) is 9.42. The Kier molecular flexibility index (Phi) is 5.99. The van der Waals surface area contributed by atoms with E-state index in [2.05, 4.69) is 5.32 Å². The molecule has 0 spiro atoms. The first-order valence-corrected chi connectivity index (χ1v) is 6.48. The van der Waals surface area contributed by atoms with Gasteiger partial charge in [-0.1, -0.05) is 19.1 Å². The summed E-state index contributed by atoms with van der Waals surface area (Å²) in [6.45, 7) is 1.80. The van der Waals surface area contributed by atoms with Crippen LogP contribution in [0.25, 0.3) is 0 Å². The van der Waals surface area contributed by atoms with Crippen molar-refractivity contribution < 1.29 is 19.8 Å². The summed E-state index contributed by atoms with van der Waals surface area (Å²) in [7, 11) is 0. The SMILES string of the molecule is CCC(CC(=O)O)NC(=O)C(N)Cc1ccc(O)cc1. The second-order valence-corrected chi connectivity index (χ2v) is 4.69. The Hall–Kier alpha value is -2.08. The Bertz CT molecular complexity index is 459. The van der Waals surface area contributed by atoms with Gasteiger partial charge in [0.2, 0.25) is 5.91 Å². The van der Waals surface area contributed by atoms with Crippen LogP contribution in [0.4, 0.5) is 0 Å². The normalized spacial score (nSPS) is 13.5. The molecule has 6 heteroatoms. The van der Waals surface area contributed by atoms with Crippen molar-refractivity contribution in [3.63, 3.8) is 0 Å². The van der Waals surface area contributed by atoms with Crippen molar-refractivity contribution in [2.24, 2.45) is 5.73 Å². The monoisotopic (exact) mass is 280 g/mol. The lowest BCUT2D eigenvalue weighted by Crippen LogP contribution is -2.46. The van der Waals surface area contributed by atoms with E-state index in [1.54, 1.807) is 19.1 Å². The summed E-state index contributed by atoms with van der Waals surface area (Å²) in [5.74, 6) is -1.17. The number of benzene rings is 1. The minimum absolute atomic E-state index is 0.117. The summed E-state index contributed by atoms with van der Waals surface area (Å²) >= 11 is 0. The van der Waals surface area contributed by atoms with Crippen LogP contribution in [0.1, 0.15) is 25.3 Å². The zero-order valence-corrected chi connectivity index (χ0v) is 11.4. The first kappa shape index (κ1) is 16.0. The third-order valence-electron chi connectivity index (χ3n) is 2.99. The van der Waals surface area contributed by atoms with Crippen LogP contribution in [0.15, 0.2) is 24.3 Å². The number of phenolic OH excluding ortho intramolecular Hbond substituents is 1. The van der Waals surface area contributed by atoms with Gasteiger partial charge in [-0.2, -0.15) is 0 Å². The summed E-state index contributed by atoms with van der Waals surface area (Å²) in [6.07, 6.45) is 0.744. The topological polar surface area (TPSA) is 113 Å². The molecule has 6 nitrogen and oxygen atoms in total. The minimum atomic E-state index is -0.954. The molecule has 0 aliphatic heterocycles. The van der Waals surface area contributed by atoms with Gasteiger partial charge in [0, 0.05) is 6.04 Å². The molecule has 0 fully saturated rings. The number of carbonyl (C=O) groups excluding carboxylic acids is 1. The number of hydrogen-bond acceptors (Lipinski definition) is 4. The molecule has 0 heterocycles. The molecule has 2 unspecified atom stereocenters. The van der Waals surface area contributed by atoms with Gasteiger partial charge in [-0.3, -0.25) is 9.59 Å². The average Bonchev–Trinajstić information content (AvgIpc) is 2.39. The third kappa shape index (κ3) is 5.27. The van der Waals surface area contributed by atoms with Gasteiger partial charge in [-0.25, -0.2) is 0 Å². The van der Waals surface area contributed by atoms with Crippen LogP contribution < -0.4 is 11.1 Å². The van der Waals surface area contributed by atoms with Crippen molar-refractivity contribution in [1.82, 2.24) is 5.32 Å². The van der Waals surface area contributed by atoms with Crippen LogP contribution in [0, 0.1) is 0 Å². The molecule has 5 N–H and O–H groups in total. The summed E-state index contributed by atoms with van der Waals surface area (Å²) in [5, 5.41) is 20.5. The smallest absolute Gasteiger partial charge is 0.305 e. The maximum Gasteiger partial charge on any atom is 0.305 e. The van der Waals surface area contributed by atoms with Gasteiger partial charge in [-0.15, -0.1) is 0 Å². The number of aromatic hydroxyl groups is 1. The van der Waals surface area contributed by atoms with E-state index in [1.165, 1.54) is 12.1 Å². The summed E-state index contributed by atoms with van der Waals surface area (Å²) in [6, 6.07) is 5.28. The second kappa shape index (κ2) is 7.49. The van der Waals surface area contributed by atoms with Crippen LogP contribution in [0.5, 0.6) is 5.75 Å². The van der Waals surface area contributed by atoms with Crippen LogP contribution in [0.2, 0.25) is 0 Å². The maximum absolute atomic E-state index is 11.9. The number of aliphatic carboxylic acids is 1. The molecule has 0 aromatic heterocycles. The quantitative estimate of drug-likeness (QED) is 0.585. The van der Waals surface area contributed by atoms with Gasteiger partial charge in [0.05, 0.1) is 12.5 Å². The Morgan fingerprint density at radius 1 is 1.30 bits per heavy atom. The second-order valence-electron chi connectivity index (χ2n) is 4.69. The number of amides is 1. The number of phenols is 1. The fraction of sp³-hybridized carbons (Fsp3) is 0.429. The summed E-state index contributed by atoms with van der Waals surface area (Å²) in [4.78, 5) is 22.5. The summed E-state index contributed by atoms with van der Waals surface area (Å²) in [5.41, 5.74) is 6.63. The van der Waals surface area contributed by atoms with E-state index in [4.69, 9.17) is 15.9 Å². The van der Waals surface area contributed by atoms with Gasteiger partial charge in [0.15, 0.2) is 0 Å². The highest BCUT2D eigenvalue weighted by molar-refractivity contribution is 5.82. The van der Waals surface area contributed by atoms with Gasteiger partial charge >= 0.3 is 5.97 Å². The summed E-state index contributed by atoms with van der Waals surface area (Å²) < 4.78 is 0. The standard InChI is InChI=1S/C14H20N2O4/c1-2-10(8-13(18)19)16-14(20)12(15)7-9-3-5-11(17)6-4-9/h3-6,10,12,17H,2,7-8,15H2,1H3,(H,16,20)(H,18,19). The van der Waals surface area contributed by atoms with E-state index in [0.717, 1.165) is 5.56 Å². The predicted octanol–water partition coefficient (Wildman–Crippen LogP) is 0.632. The molecule has 1 amide bonds. The minimum Gasteiger partial charge on any atom is -0.508 e. The molecule has 2 atom stereocenters. The lowest BCUT2D eigenvalue weighted by molar-refractivity contribution is -0.137.